The first kappa shape index (κ1) is 33.8. The topological polar surface area (TPSA) is 149 Å². The summed E-state index contributed by atoms with van der Waals surface area (Å²) < 4.78 is 0. The number of nitrogens with zero attached hydrogens (tertiary/aromatic N) is 2. The van der Waals surface area contributed by atoms with Gasteiger partial charge in [-0.3, -0.25) is 19.2 Å². The summed E-state index contributed by atoms with van der Waals surface area (Å²) in [6.45, 7) is 7.80. The smallest absolute Gasteiger partial charge is 0.303 e. The van der Waals surface area contributed by atoms with Gasteiger partial charge in [0.2, 0.25) is 17.7 Å². The van der Waals surface area contributed by atoms with Crippen molar-refractivity contribution in [3.63, 3.8) is 0 Å². The molecule has 1 saturated heterocycles. The summed E-state index contributed by atoms with van der Waals surface area (Å²) in [6.07, 6.45) is 0.381. The molecule has 0 bridgehead atoms. The van der Waals surface area contributed by atoms with Gasteiger partial charge in [-0.2, -0.15) is 0 Å². The number of hydrogen-bond donors (Lipinski definition) is 4. The lowest BCUT2D eigenvalue weighted by atomic mass is 9.85. The van der Waals surface area contributed by atoms with E-state index in [2.05, 4.69) is 15.6 Å². The van der Waals surface area contributed by atoms with Crippen LogP contribution >= 0.6 is 11.3 Å². The summed E-state index contributed by atoms with van der Waals surface area (Å²) in [5, 5.41) is 25.1. The highest BCUT2D eigenvalue weighted by Gasteiger charge is 2.44. The molecule has 3 atom stereocenters. The lowest BCUT2D eigenvalue weighted by Crippen LogP contribution is -2.57. The van der Waals surface area contributed by atoms with Gasteiger partial charge in [-0.25, -0.2) is 4.98 Å². The van der Waals surface area contributed by atoms with Gasteiger partial charge in [-0.15, -0.1) is 11.3 Å². The van der Waals surface area contributed by atoms with Crippen LogP contribution in [0.4, 0.5) is 0 Å². The van der Waals surface area contributed by atoms with E-state index in [1.807, 2.05) is 81.7 Å². The number of likely N-dealkylation sites (tertiary alicyclic amines) is 1. The Morgan fingerprint density at radius 3 is 2.13 bits per heavy atom. The normalized spacial score (nSPS) is 17.1. The molecule has 4 N–H and O–H groups in total. The first-order chi connectivity index (χ1) is 21.3. The molecule has 0 spiro atoms. The molecule has 1 aliphatic heterocycles. The Kier molecular flexibility index (Phi) is 11.1. The number of β-amino-alcohol motifs (C(OH)–C–C–N with tert-alkyl or cyclic N) is 1. The van der Waals surface area contributed by atoms with Gasteiger partial charge in [-0.1, -0.05) is 69.3 Å². The number of aromatic nitrogens is 1. The zero-order valence-electron chi connectivity index (χ0n) is 26.2. The summed E-state index contributed by atoms with van der Waals surface area (Å²) in [4.78, 5) is 57.7. The molecule has 3 aromatic rings. The SMILES string of the molecule is Cc1ncsc1-c1ccc(CNC(=O)[C@@H]2C[C@@H](O)CN2C(=O)[C@@H](NC(=O)CCc2ccc(CCC(=O)O)cc2)C(C)(C)C)cc1. The molecule has 0 radical (unpaired) electrons. The third-order valence-electron chi connectivity index (χ3n) is 8.00. The van der Waals surface area contributed by atoms with Crippen molar-refractivity contribution in [3.05, 3.63) is 76.4 Å². The molecule has 10 nitrogen and oxygen atoms in total. The quantitative estimate of drug-likeness (QED) is 0.236. The number of amides is 3. The maximum Gasteiger partial charge on any atom is 0.303 e. The fourth-order valence-corrected chi connectivity index (χ4v) is 6.21. The molecule has 0 saturated carbocycles. The summed E-state index contributed by atoms with van der Waals surface area (Å²) in [5.41, 5.74) is 5.93. The molecular weight excluding hydrogens is 592 g/mol. The number of benzene rings is 2. The van der Waals surface area contributed by atoms with Crippen LogP contribution in [0.3, 0.4) is 0 Å². The zero-order chi connectivity index (χ0) is 32.7. The van der Waals surface area contributed by atoms with E-state index >= 15 is 0 Å². The van der Waals surface area contributed by atoms with Crippen molar-refractivity contribution in [3.8, 4) is 10.4 Å². The largest absolute Gasteiger partial charge is 0.481 e. The Bertz CT molecular complexity index is 1500. The minimum atomic E-state index is -0.897. The average Bonchev–Trinajstić information content (AvgIpc) is 3.61. The highest BCUT2D eigenvalue weighted by molar-refractivity contribution is 7.13. The number of aliphatic hydroxyl groups excluding tert-OH is 1. The molecule has 1 aromatic heterocycles. The van der Waals surface area contributed by atoms with Crippen LogP contribution in [0.5, 0.6) is 0 Å². The second kappa shape index (κ2) is 14.8. The van der Waals surface area contributed by atoms with Crippen molar-refractivity contribution in [1.29, 1.82) is 0 Å². The van der Waals surface area contributed by atoms with E-state index in [4.69, 9.17) is 5.11 Å². The zero-order valence-corrected chi connectivity index (χ0v) is 27.0. The molecule has 240 valence electrons. The summed E-state index contributed by atoms with van der Waals surface area (Å²) >= 11 is 1.57. The fraction of sp³-hybridized carbons (Fsp3) is 0.441. The third-order valence-corrected chi connectivity index (χ3v) is 8.98. The highest BCUT2D eigenvalue weighted by Crippen LogP contribution is 2.28. The molecule has 0 aliphatic carbocycles. The van der Waals surface area contributed by atoms with Crippen LogP contribution in [-0.4, -0.2) is 68.5 Å². The van der Waals surface area contributed by atoms with Crippen molar-refractivity contribution < 1.29 is 29.4 Å². The van der Waals surface area contributed by atoms with E-state index in [0.29, 0.717) is 12.8 Å². The van der Waals surface area contributed by atoms with Gasteiger partial charge < -0.3 is 25.7 Å². The first-order valence-corrected chi connectivity index (χ1v) is 16.0. The Morgan fingerprint density at radius 2 is 1.58 bits per heavy atom. The second-order valence-corrected chi connectivity index (χ2v) is 13.5. The number of hydrogen-bond acceptors (Lipinski definition) is 7. The summed E-state index contributed by atoms with van der Waals surface area (Å²) in [6, 6.07) is 13.6. The predicted molar refractivity (Wildman–Crippen MR) is 172 cm³/mol. The van der Waals surface area contributed by atoms with Crippen molar-refractivity contribution in [2.75, 3.05) is 6.54 Å². The van der Waals surface area contributed by atoms with Crippen molar-refractivity contribution in [1.82, 2.24) is 20.5 Å². The minimum Gasteiger partial charge on any atom is -0.481 e. The molecule has 45 heavy (non-hydrogen) atoms. The molecular formula is C34H42N4O6S. The number of thiazole rings is 1. The monoisotopic (exact) mass is 634 g/mol. The van der Waals surface area contributed by atoms with Crippen LogP contribution in [0.1, 0.15) is 62.4 Å². The van der Waals surface area contributed by atoms with Crippen LogP contribution in [-0.2, 0) is 38.6 Å². The molecule has 1 aliphatic rings. The molecule has 2 aromatic carbocycles. The van der Waals surface area contributed by atoms with Crippen molar-refractivity contribution in [2.45, 2.75) is 84.5 Å². The minimum absolute atomic E-state index is 0.0104. The number of aliphatic carboxylic acids is 1. The van der Waals surface area contributed by atoms with Crippen molar-refractivity contribution >= 4 is 35.0 Å². The van der Waals surface area contributed by atoms with E-state index in [1.54, 1.807) is 11.3 Å². The Labute approximate surface area is 267 Å². The summed E-state index contributed by atoms with van der Waals surface area (Å²) in [7, 11) is 0. The number of aryl methyl sites for hydroxylation is 3. The van der Waals surface area contributed by atoms with Gasteiger partial charge in [-0.05, 0) is 47.4 Å². The van der Waals surface area contributed by atoms with Crippen LogP contribution < -0.4 is 10.6 Å². The number of rotatable bonds is 12. The summed E-state index contributed by atoms with van der Waals surface area (Å²) in [5.74, 6) is -1.90. The average molecular weight is 635 g/mol. The standard InChI is InChI=1S/C34H42N4O6S/c1-21-30(45-20-36-21)25-13-9-24(10-14-25)18-35-32(43)27-17-26(39)19-38(27)33(44)31(34(2,3)4)37-28(40)15-11-22-5-7-23(8-6-22)12-16-29(41)42/h5-10,13-14,20,26-27,31,39H,11-12,15-19H2,1-4H3,(H,35,43)(H,37,40)(H,41,42)/t26-,27+,31-/m1/s1. The van der Waals surface area contributed by atoms with E-state index in [0.717, 1.165) is 32.8 Å². The predicted octanol–water partition coefficient (Wildman–Crippen LogP) is 3.88. The molecule has 3 amide bonds. The Hall–Kier alpha value is -4.09. The lowest BCUT2D eigenvalue weighted by Gasteiger charge is -2.35. The number of aliphatic hydroxyl groups is 1. The number of carbonyl (C=O) groups excluding carboxylic acids is 3. The number of nitrogens with one attached hydrogen (secondary N) is 2. The molecule has 2 heterocycles. The third kappa shape index (κ3) is 9.21. The number of carboxylic acids is 1. The lowest BCUT2D eigenvalue weighted by molar-refractivity contribution is -0.144. The number of carbonyl (C=O) groups is 4. The van der Waals surface area contributed by atoms with Crippen LogP contribution in [0.15, 0.2) is 54.0 Å². The van der Waals surface area contributed by atoms with E-state index < -0.39 is 35.5 Å². The van der Waals surface area contributed by atoms with Gasteiger partial charge >= 0.3 is 5.97 Å². The van der Waals surface area contributed by atoms with E-state index in [1.165, 1.54) is 4.90 Å². The van der Waals surface area contributed by atoms with Crippen LogP contribution in [0.2, 0.25) is 0 Å². The molecule has 11 heteroatoms. The highest BCUT2D eigenvalue weighted by atomic mass is 32.1. The van der Waals surface area contributed by atoms with E-state index in [9.17, 15) is 24.3 Å². The molecule has 0 unspecified atom stereocenters. The second-order valence-electron chi connectivity index (χ2n) is 12.7. The maximum absolute atomic E-state index is 13.8. The van der Waals surface area contributed by atoms with Crippen molar-refractivity contribution in [2.24, 2.45) is 5.41 Å². The van der Waals surface area contributed by atoms with Gasteiger partial charge in [0.1, 0.15) is 12.1 Å². The van der Waals surface area contributed by atoms with E-state index in [-0.39, 0.29) is 44.2 Å². The van der Waals surface area contributed by atoms with Gasteiger partial charge in [0.05, 0.1) is 22.2 Å². The van der Waals surface area contributed by atoms with Gasteiger partial charge in [0.25, 0.3) is 0 Å². The first-order valence-electron chi connectivity index (χ1n) is 15.2. The Balaban J connectivity index is 1.35. The van der Waals surface area contributed by atoms with Gasteiger partial charge in [0, 0.05) is 32.4 Å². The van der Waals surface area contributed by atoms with Crippen LogP contribution in [0.25, 0.3) is 10.4 Å². The molecule has 4 rings (SSSR count). The maximum atomic E-state index is 13.8. The number of carboxylic acid groups (broad SMARTS) is 1. The fourth-order valence-electron chi connectivity index (χ4n) is 5.40. The van der Waals surface area contributed by atoms with Crippen LogP contribution in [0, 0.1) is 12.3 Å². The Morgan fingerprint density at radius 1 is 0.978 bits per heavy atom. The van der Waals surface area contributed by atoms with Gasteiger partial charge in [0.15, 0.2) is 0 Å². The molecule has 1 fully saturated rings.